The predicted molar refractivity (Wildman–Crippen MR) is 72.4 cm³/mol. The highest BCUT2D eigenvalue weighted by Gasteiger charge is 2.11. The van der Waals surface area contributed by atoms with Crippen LogP contribution < -0.4 is 15.8 Å². The zero-order valence-electron chi connectivity index (χ0n) is 10.5. The summed E-state index contributed by atoms with van der Waals surface area (Å²) in [4.78, 5) is 11.9. The van der Waals surface area contributed by atoms with Gasteiger partial charge in [-0.3, -0.25) is 4.79 Å². The van der Waals surface area contributed by atoms with Crippen LogP contribution in [0.15, 0.2) is 18.2 Å². The Hall–Kier alpha value is -2.15. The Bertz CT molecular complexity index is 450. The van der Waals surface area contributed by atoms with E-state index in [-0.39, 0.29) is 5.91 Å². The first-order valence-electron chi connectivity index (χ1n) is 5.84. The Kier molecular flexibility index (Phi) is 5.59. The highest BCUT2D eigenvalue weighted by atomic mass is 16.5. The number of anilines is 1. The molecule has 1 aromatic rings. The van der Waals surface area contributed by atoms with Crippen LogP contribution in [0.2, 0.25) is 0 Å². The van der Waals surface area contributed by atoms with Crippen LogP contribution in [-0.2, 0) is 0 Å². The molecule has 3 N–H and O–H groups in total. The number of nitrogen functional groups attached to an aromatic ring is 1. The van der Waals surface area contributed by atoms with E-state index in [2.05, 4.69) is 11.2 Å². The molecule has 0 atom stereocenters. The largest absolute Gasteiger partial charge is 0.496 e. The van der Waals surface area contributed by atoms with E-state index in [1.807, 2.05) is 0 Å². The molecule has 0 aliphatic heterocycles. The molecule has 1 amide bonds. The van der Waals surface area contributed by atoms with Crippen LogP contribution in [0.4, 0.5) is 5.69 Å². The average Bonchev–Trinajstić information content (AvgIpc) is 2.38. The molecule has 0 radical (unpaired) electrons. The van der Waals surface area contributed by atoms with E-state index in [4.69, 9.17) is 16.9 Å². The van der Waals surface area contributed by atoms with E-state index < -0.39 is 0 Å². The number of benzene rings is 1. The summed E-state index contributed by atoms with van der Waals surface area (Å²) in [6.07, 6.45) is 7.67. The Balaban J connectivity index is 2.54. The van der Waals surface area contributed by atoms with Crippen molar-refractivity contribution in [1.29, 1.82) is 0 Å². The number of amides is 1. The lowest BCUT2D eigenvalue weighted by Gasteiger charge is -2.09. The van der Waals surface area contributed by atoms with Gasteiger partial charge in [-0.15, -0.1) is 12.3 Å². The molecule has 0 aliphatic carbocycles. The number of carbonyl (C=O) groups excluding carboxylic acids is 1. The number of nitrogens with two attached hydrogens (primary N) is 1. The maximum Gasteiger partial charge on any atom is 0.255 e. The summed E-state index contributed by atoms with van der Waals surface area (Å²) in [6.45, 7) is 0.605. The molecule has 0 saturated carbocycles. The summed E-state index contributed by atoms with van der Waals surface area (Å²) >= 11 is 0. The van der Waals surface area contributed by atoms with E-state index in [1.54, 1.807) is 18.2 Å². The number of rotatable bonds is 6. The van der Waals surface area contributed by atoms with Crippen molar-refractivity contribution in [2.75, 3.05) is 19.4 Å². The van der Waals surface area contributed by atoms with Crippen molar-refractivity contribution < 1.29 is 9.53 Å². The number of hydrogen-bond donors (Lipinski definition) is 2. The quantitative estimate of drug-likeness (QED) is 0.457. The fraction of sp³-hybridized carbons (Fsp3) is 0.357. The third kappa shape index (κ3) is 4.02. The molecule has 0 aromatic heterocycles. The van der Waals surface area contributed by atoms with Crippen molar-refractivity contribution >= 4 is 11.6 Å². The van der Waals surface area contributed by atoms with Crippen molar-refractivity contribution in [2.45, 2.75) is 19.3 Å². The first-order valence-corrected chi connectivity index (χ1v) is 5.84. The van der Waals surface area contributed by atoms with Crippen LogP contribution in [0.1, 0.15) is 29.6 Å². The Labute approximate surface area is 108 Å². The van der Waals surface area contributed by atoms with Crippen molar-refractivity contribution in [3.8, 4) is 18.1 Å². The standard InChI is InChI=1S/C14H18N2O2/c1-3-4-5-6-9-16-14(17)12-8-7-11(15)10-13(12)18-2/h1,7-8,10H,4-6,9,15H2,2H3,(H,16,17). The number of hydrogen-bond acceptors (Lipinski definition) is 3. The second kappa shape index (κ2) is 7.23. The normalized spacial score (nSPS) is 9.56. The van der Waals surface area contributed by atoms with Gasteiger partial charge in [0.25, 0.3) is 5.91 Å². The Morgan fingerprint density at radius 2 is 2.28 bits per heavy atom. The van der Waals surface area contributed by atoms with Gasteiger partial charge < -0.3 is 15.8 Å². The number of ether oxygens (including phenoxy) is 1. The minimum atomic E-state index is -0.160. The van der Waals surface area contributed by atoms with Gasteiger partial charge in [0.05, 0.1) is 12.7 Å². The van der Waals surface area contributed by atoms with Crippen molar-refractivity contribution in [1.82, 2.24) is 5.32 Å². The molecule has 0 spiro atoms. The molecule has 0 saturated heterocycles. The topological polar surface area (TPSA) is 64.4 Å². The maximum atomic E-state index is 11.9. The molecular formula is C14H18N2O2. The molecule has 0 aliphatic rings. The summed E-state index contributed by atoms with van der Waals surface area (Å²) < 4.78 is 5.12. The van der Waals surface area contributed by atoms with Crippen molar-refractivity contribution in [3.05, 3.63) is 23.8 Å². The van der Waals surface area contributed by atoms with Gasteiger partial charge in [0.2, 0.25) is 0 Å². The van der Waals surface area contributed by atoms with Crippen molar-refractivity contribution in [3.63, 3.8) is 0 Å². The molecule has 0 bridgehead atoms. The SMILES string of the molecule is C#CCCCCNC(=O)c1ccc(N)cc1OC. The van der Waals surface area contributed by atoms with E-state index in [1.165, 1.54) is 7.11 Å². The molecule has 96 valence electrons. The van der Waals surface area contributed by atoms with E-state index in [0.717, 1.165) is 19.3 Å². The summed E-state index contributed by atoms with van der Waals surface area (Å²) in [5.41, 5.74) is 6.68. The smallest absolute Gasteiger partial charge is 0.255 e. The number of nitrogens with one attached hydrogen (secondary N) is 1. The predicted octanol–water partition coefficient (Wildman–Crippen LogP) is 1.81. The van der Waals surface area contributed by atoms with Crippen LogP contribution in [0.25, 0.3) is 0 Å². The second-order valence-electron chi connectivity index (χ2n) is 3.88. The van der Waals surface area contributed by atoms with E-state index >= 15 is 0 Å². The summed E-state index contributed by atoms with van der Waals surface area (Å²) in [6, 6.07) is 4.97. The van der Waals surface area contributed by atoms with Crippen LogP contribution in [0.3, 0.4) is 0 Å². The lowest BCUT2D eigenvalue weighted by molar-refractivity contribution is 0.0950. The van der Waals surface area contributed by atoms with Gasteiger partial charge in [0.1, 0.15) is 5.75 Å². The number of unbranched alkanes of at least 4 members (excludes halogenated alkanes) is 2. The number of terminal acetylenes is 1. The van der Waals surface area contributed by atoms with E-state index in [9.17, 15) is 4.79 Å². The maximum absolute atomic E-state index is 11.9. The second-order valence-corrected chi connectivity index (χ2v) is 3.88. The van der Waals surface area contributed by atoms with Gasteiger partial charge in [-0.25, -0.2) is 0 Å². The highest BCUT2D eigenvalue weighted by molar-refractivity contribution is 5.97. The molecule has 18 heavy (non-hydrogen) atoms. The minimum Gasteiger partial charge on any atom is -0.496 e. The van der Waals surface area contributed by atoms with Crippen LogP contribution in [0.5, 0.6) is 5.75 Å². The fourth-order valence-corrected chi connectivity index (χ4v) is 1.54. The molecule has 4 heteroatoms. The zero-order valence-corrected chi connectivity index (χ0v) is 10.5. The van der Waals surface area contributed by atoms with Gasteiger partial charge >= 0.3 is 0 Å². The summed E-state index contributed by atoms with van der Waals surface area (Å²) in [7, 11) is 1.51. The Morgan fingerprint density at radius 1 is 1.50 bits per heavy atom. The molecule has 1 aromatic carbocycles. The zero-order chi connectivity index (χ0) is 13.4. The Morgan fingerprint density at radius 3 is 2.94 bits per heavy atom. The van der Waals surface area contributed by atoms with Crippen LogP contribution >= 0.6 is 0 Å². The van der Waals surface area contributed by atoms with E-state index in [0.29, 0.717) is 23.5 Å². The first-order chi connectivity index (χ1) is 8.69. The molecule has 1 rings (SSSR count). The number of methoxy groups -OCH3 is 1. The van der Waals surface area contributed by atoms with Gasteiger partial charge in [-0.2, -0.15) is 0 Å². The molecule has 4 nitrogen and oxygen atoms in total. The summed E-state index contributed by atoms with van der Waals surface area (Å²) in [5.74, 6) is 2.89. The van der Waals surface area contributed by atoms with Crippen LogP contribution in [-0.4, -0.2) is 19.6 Å². The van der Waals surface area contributed by atoms with Gasteiger partial charge in [0, 0.05) is 24.7 Å². The molecular weight excluding hydrogens is 228 g/mol. The van der Waals surface area contributed by atoms with Gasteiger partial charge in [-0.1, -0.05) is 0 Å². The summed E-state index contributed by atoms with van der Waals surface area (Å²) in [5, 5.41) is 2.82. The van der Waals surface area contributed by atoms with Crippen molar-refractivity contribution in [2.24, 2.45) is 0 Å². The third-order valence-corrected chi connectivity index (χ3v) is 2.50. The lowest BCUT2D eigenvalue weighted by atomic mass is 10.1. The van der Waals surface area contributed by atoms with Gasteiger partial charge in [0.15, 0.2) is 0 Å². The lowest BCUT2D eigenvalue weighted by Crippen LogP contribution is -2.24. The monoisotopic (exact) mass is 246 g/mol. The fourth-order valence-electron chi connectivity index (χ4n) is 1.54. The first kappa shape index (κ1) is 13.9. The molecule has 0 heterocycles. The highest BCUT2D eigenvalue weighted by Crippen LogP contribution is 2.21. The number of carbonyl (C=O) groups is 1. The van der Waals surface area contributed by atoms with Gasteiger partial charge in [-0.05, 0) is 25.0 Å². The minimum absolute atomic E-state index is 0.160. The van der Waals surface area contributed by atoms with Crippen LogP contribution in [0, 0.1) is 12.3 Å². The molecule has 0 unspecified atom stereocenters. The third-order valence-electron chi connectivity index (χ3n) is 2.50. The molecule has 0 fully saturated rings. The average molecular weight is 246 g/mol.